The third kappa shape index (κ3) is 4.46. The van der Waals surface area contributed by atoms with Gasteiger partial charge in [-0.15, -0.1) is 0 Å². The second-order valence-corrected chi connectivity index (χ2v) is 3.51. The molecule has 2 aliphatic heterocycles. The normalized spacial score (nSPS) is 15.9. The van der Waals surface area contributed by atoms with Crippen molar-refractivity contribution < 1.29 is 19.2 Å². The molecule has 0 unspecified atom stereocenters. The molecule has 6 nitrogen and oxygen atoms in total. The molecule has 0 saturated carbocycles. The Morgan fingerprint density at radius 1 is 0.650 bits per heavy atom. The summed E-state index contributed by atoms with van der Waals surface area (Å²) >= 11 is 0. The number of rotatable bonds is 2. The van der Waals surface area contributed by atoms with E-state index in [0.29, 0.717) is 13.1 Å². The van der Waals surface area contributed by atoms with Gasteiger partial charge >= 0.3 is 0 Å². The summed E-state index contributed by atoms with van der Waals surface area (Å²) < 4.78 is 0. The number of amides is 4. The number of hydrogen-bond donors (Lipinski definition) is 0. The fourth-order valence-corrected chi connectivity index (χ4v) is 1.49. The fourth-order valence-electron chi connectivity index (χ4n) is 1.49. The Kier molecular flexibility index (Phi) is 8.83. The minimum absolute atomic E-state index is 0. The lowest BCUT2D eigenvalue weighted by molar-refractivity contribution is -0.138. The molecule has 0 aromatic carbocycles. The van der Waals surface area contributed by atoms with Gasteiger partial charge in [-0.1, -0.05) is 14.9 Å². The van der Waals surface area contributed by atoms with E-state index in [-0.39, 0.29) is 38.5 Å². The van der Waals surface area contributed by atoms with E-state index in [1.54, 1.807) is 13.8 Å². The number of hydrogen-bond acceptors (Lipinski definition) is 4. The molecule has 112 valence electrons. The van der Waals surface area contributed by atoms with Crippen molar-refractivity contribution in [1.82, 2.24) is 9.80 Å². The molecule has 0 N–H and O–H groups in total. The van der Waals surface area contributed by atoms with Gasteiger partial charge in [0, 0.05) is 37.4 Å². The molecule has 2 heterocycles. The Balaban J connectivity index is 0. The quantitative estimate of drug-likeness (QED) is 0.712. The molecular weight excluding hydrogens is 260 g/mol. The zero-order valence-electron chi connectivity index (χ0n) is 10.3. The molecule has 0 radical (unpaired) electrons. The van der Waals surface area contributed by atoms with Crippen molar-refractivity contribution in [3.05, 3.63) is 24.3 Å². The Morgan fingerprint density at radius 2 is 0.850 bits per heavy atom. The van der Waals surface area contributed by atoms with Crippen molar-refractivity contribution in [1.29, 1.82) is 0 Å². The predicted octanol–water partition coefficient (Wildman–Crippen LogP) is 1.13. The molecular formula is C14H22N2O4. The summed E-state index contributed by atoms with van der Waals surface area (Å²) in [5.41, 5.74) is 0. The minimum Gasteiger partial charge on any atom is -0.276 e. The standard InChI is InChI=1S/2C6H7NO2.2CH4/c2*1-2-7-5(8)3-4-6(7)9;;/h2*3-4H,2H2,1H3;2*1H4. The zero-order valence-corrected chi connectivity index (χ0v) is 10.3. The van der Waals surface area contributed by atoms with E-state index in [1.165, 1.54) is 34.1 Å². The highest BCUT2D eigenvalue weighted by Gasteiger charge is 2.20. The van der Waals surface area contributed by atoms with Crippen molar-refractivity contribution in [3.8, 4) is 0 Å². The van der Waals surface area contributed by atoms with E-state index in [0.717, 1.165) is 0 Å². The maximum atomic E-state index is 10.6. The Bertz CT molecular complexity index is 374. The monoisotopic (exact) mass is 282 g/mol. The van der Waals surface area contributed by atoms with Crippen LogP contribution in [0.4, 0.5) is 0 Å². The first kappa shape index (κ1) is 20.1. The van der Waals surface area contributed by atoms with Crippen molar-refractivity contribution in [2.75, 3.05) is 13.1 Å². The first-order chi connectivity index (χ1) is 8.51. The van der Waals surface area contributed by atoms with E-state index in [4.69, 9.17) is 0 Å². The van der Waals surface area contributed by atoms with Crippen molar-refractivity contribution in [3.63, 3.8) is 0 Å². The van der Waals surface area contributed by atoms with E-state index in [2.05, 4.69) is 0 Å². The lowest BCUT2D eigenvalue weighted by atomic mass is 10.5. The van der Waals surface area contributed by atoms with Gasteiger partial charge in [-0.2, -0.15) is 0 Å². The second kappa shape index (κ2) is 8.79. The number of nitrogens with zero attached hydrogens (tertiary/aromatic N) is 2. The minimum atomic E-state index is -0.206. The summed E-state index contributed by atoms with van der Waals surface area (Å²) in [6.45, 7) is 4.46. The summed E-state index contributed by atoms with van der Waals surface area (Å²) in [4.78, 5) is 44.9. The van der Waals surface area contributed by atoms with E-state index in [9.17, 15) is 19.2 Å². The van der Waals surface area contributed by atoms with Crippen LogP contribution in [0.5, 0.6) is 0 Å². The summed E-state index contributed by atoms with van der Waals surface area (Å²) in [6, 6.07) is 0. The topological polar surface area (TPSA) is 74.8 Å². The molecule has 0 saturated heterocycles. The summed E-state index contributed by atoms with van der Waals surface area (Å²) in [6.07, 6.45) is 5.13. The zero-order chi connectivity index (χ0) is 13.7. The molecule has 0 bridgehead atoms. The molecule has 2 aliphatic rings. The van der Waals surface area contributed by atoms with Gasteiger partial charge in [0.05, 0.1) is 0 Å². The molecule has 0 aromatic rings. The van der Waals surface area contributed by atoms with Crippen LogP contribution in [0.25, 0.3) is 0 Å². The van der Waals surface area contributed by atoms with Crippen LogP contribution >= 0.6 is 0 Å². The van der Waals surface area contributed by atoms with E-state index in [1.807, 2.05) is 0 Å². The predicted molar refractivity (Wildman–Crippen MR) is 76.5 cm³/mol. The molecule has 4 amide bonds. The summed E-state index contributed by atoms with van der Waals surface area (Å²) in [5, 5.41) is 0. The van der Waals surface area contributed by atoms with Gasteiger partial charge in [-0.25, -0.2) is 0 Å². The van der Waals surface area contributed by atoms with Crippen molar-refractivity contribution >= 4 is 23.6 Å². The lowest BCUT2D eigenvalue weighted by Crippen LogP contribution is -2.29. The Hall–Kier alpha value is -2.24. The van der Waals surface area contributed by atoms with Gasteiger partial charge in [0.1, 0.15) is 0 Å². The number of likely N-dealkylation sites (N-methyl/N-ethyl adjacent to an activating group) is 2. The number of carbonyl (C=O) groups is 4. The van der Waals surface area contributed by atoms with Crippen LogP contribution in [0.3, 0.4) is 0 Å². The van der Waals surface area contributed by atoms with Crippen molar-refractivity contribution in [2.45, 2.75) is 28.7 Å². The average Bonchev–Trinajstić information content (AvgIpc) is 2.83. The van der Waals surface area contributed by atoms with Gasteiger partial charge < -0.3 is 0 Å². The van der Waals surface area contributed by atoms with Crippen LogP contribution in [0.1, 0.15) is 28.7 Å². The molecule has 0 fully saturated rings. The summed E-state index contributed by atoms with van der Waals surface area (Å²) in [7, 11) is 0. The van der Waals surface area contributed by atoms with Crippen LogP contribution in [-0.2, 0) is 19.2 Å². The Labute approximate surface area is 119 Å². The van der Waals surface area contributed by atoms with Gasteiger partial charge in [0.15, 0.2) is 0 Å². The van der Waals surface area contributed by atoms with Crippen molar-refractivity contribution in [2.24, 2.45) is 0 Å². The van der Waals surface area contributed by atoms with Crippen LogP contribution < -0.4 is 0 Å². The highest BCUT2D eigenvalue weighted by molar-refractivity contribution is 6.13. The van der Waals surface area contributed by atoms with Gasteiger partial charge in [-0.3, -0.25) is 29.0 Å². The van der Waals surface area contributed by atoms with Gasteiger partial charge in [0.2, 0.25) is 0 Å². The molecule has 0 aliphatic carbocycles. The third-order valence-corrected chi connectivity index (χ3v) is 2.43. The summed E-state index contributed by atoms with van der Waals surface area (Å²) in [5.74, 6) is -0.824. The highest BCUT2D eigenvalue weighted by atomic mass is 16.2. The lowest BCUT2D eigenvalue weighted by Gasteiger charge is -2.08. The smallest absolute Gasteiger partial charge is 0.253 e. The number of imide groups is 2. The second-order valence-electron chi connectivity index (χ2n) is 3.51. The molecule has 0 spiro atoms. The molecule has 2 rings (SSSR count). The van der Waals surface area contributed by atoms with Crippen LogP contribution in [0.2, 0.25) is 0 Å². The molecule has 0 atom stereocenters. The molecule has 0 aromatic heterocycles. The van der Waals surface area contributed by atoms with E-state index < -0.39 is 0 Å². The van der Waals surface area contributed by atoms with Crippen LogP contribution in [0.15, 0.2) is 24.3 Å². The largest absolute Gasteiger partial charge is 0.276 e. The first-order valence-electron chi connectivity index (χ1n) is 5.58. The average molecular weight is 282 g/mol. The van der Waals surface area contributed by atoms with Crippen LogP contribution in [0, 0.1) is 0 Å². The number of carbonyl (C=O) groups excluding carboxylic acids is 4. The molecule has 6 heteroatoms. The first-order valence-corrected chi connectivity index (χ1v) is 5.58. The highest BCUT2D eigenvalue weighted by Crippen LogP contribution is 2.01. The maximum absolute atomic E-state index is 10.6. The third-order valence-electron chi connectivity index (χ3n) is 2.43. The fraction of sp³-hybridized carbons (Fsp3) is 0.429. The SMILES string of the molecule is C.C.CCN1C(=O)C=CC1=O.CCN1C(=O)C=CC1=O. The van der Waals surface area contributed by atoms with Gasteiger partial charge in [-0.05, 0) is 13.8 Å². The van der Waals surface area contributed by atoms with E-state index >= 15 is 0 Å². The maximum Gasteiger partial charge on any atom is 0.253 e. The Morgan fingerprint density at radius 3 is 0.950 bits per heavy atom. The molecule has 20 heavy (non-hydrogen) atoms. The van der Waals surface area contributed by atoms with Crippen LogP contribution in [-0.4, -0.2) is 46.5 Å². The van der Waals surface area contributed by atoms with Gasteiger partial charge in [0.25, 0.3) is 23.6 Å².